The van der Waals surface area contributed by atoms with E-state index in [0.29, 0.717) is 6.04 Å². The highest BCUT2D eigenvalue weighted by atomic mass is 32.2. The van der Waals surface area contributed by atoms with Gasteiger partial charge in [-0.2, -0.15) is 11.8 Å². The van der Waals surface area contributed by atoms with Crippen LogP contribution in [0, 0.1) is 0 Å². The van der Waals surface area contributed by atoms with Crippen LogP contribution in [0.5, 0.6) is 5.75 Å². The fraction of sp³-hybridized carbons (Fsp3) is 0.571. The van der Waals surface area contributed by atoms with Gasteiger partial charge in [0.2, 0.25) is 0 Å². The second-order valence-electron chi connectivity index (χ2n) is 4.67. The zero-order valence-electron chi connectivity index (χ0n) is 10.9. The normalized spacial score (nSPS) is 16.5. The third-order valence-electron chi connectivity index (χ3n) is 2.99. The summed E-state index contributed by atoms with van der Waals surface area (Å²) in [4.78, 5) is 0. The summed E-state index contributed by atoms with van der Waals surface area (Å²) in [7, 11) is 0. The second-order valence-corrected chi connectivity index (χ2v) is 5.89. The molecule has 0 spiro atoms. The van der Waals surface area contributed by atoms with Gasteiger partial charge in [-0.3, -0.25) is 0 Å². The molecule has 1 aliphatic heterocycles. The number of nitrogens with two attached hydrogens (primary N) is 1. The van der Waals surface area contributed by atoms with Gasteiger partial charge in [0, 0.05) is 29.5 Å². The van der Waals surface area contributed by atoms with Gasteiger partial charge in [0.25, 0.3) is 0 Å². The van der Waals surface area contributed by atoms with E-state index in [-0.39, 0.29) is 0 Å². The smallest absolute Gasteiger partial charge is 0.123 e. The molecular weight excluding hydrogens is 244 g/mol. The molecule has 2 rings (SSSR count). The number of anilines is 2. The van der Waals surface area contributed by atoms with Crippen LogP contribution >= 0.6 is 11.8 Å². The molecule has 1 aromatic carbocycles. The Hall–Kier alpha value is -1.03. The summed E-state index contributed by atoms with van der Waals surface area (Å²) in [6.07, 6.45) is 3.46. The predicted molar refractivity (Wildman–Crippen MR) is 80.6 cm³/mol. The van der Waals surface area contributed by atoms with Crippen molar-refractivity contribution in [2.24, 2.45) is 0 Å². The molecule has 0 saturated carbocycles. The minimum absolute atomic E-state index is 0.576. The number of thioether (sulfide) groups is 1. The maximum Gasteiger partial charge on any atom is 0.123 e. The van der Waals surface area contributed by atoms with E-state index in [9.17, 15) is 0 Å². The molecule has 1 aromatic rings. The molecule has 100 valence electrons. The summed E-state index contributed by atoms with van der Waals surface area (Å²) < 4.78 is 5.64. The van der Waals surface area contributed by atoms with E-state index in [2.05, 4.69) is 12.2 Å². The van der Waals surface area contributed by atoms with Gasteiger partial charge in [-0.25, -0.2) is 0 Å². The number of nitrogen functional groups attached to an aromatic ring is 1. The van der Waals surface area contributed by atoms with Crippen LogP contribution in [0.3, 0.4) is 0 Å². The molecule has 1 fully saturated rings. The maximum atomic E-state index is 5.91. The van der Waals surface area contributed by atoms with Gasteiger partial charge < -0.3 is 15.8 Å². The molecule has 4 heteroatoms. The lowest BCUT2D eigenvalue weighted by Crippen LogP contribution is -2.24. The maximum absolute atomic E-state index is 5.91. The van der Waals surface area contributed by atoms with Crippen molar-refractivity contribution in [2.75, 3.05) is 29.2 Å². The van der Waals surface area contributed by atoms with Gasteiger partial charge in [-0.05, 0) is 36.8 Å². The van der Waals surface area contributed by atoms with Crippen molar-refractivity contribution in [3.05, 3.63) is 18.2 Å². The quantitative estimate of drug-likeness (QED) is 0.802. The van der Waals surface area contributed by atoms with E-state index in [1.807, 2.05) is 30.0 Å². The molecule has 0 atom stereocenters. The molecule has 1 saturated heterocycles. The van der Waals surface area contributed by atoms with Gasteiger partial charge in [0.15, 0.2) is 0 Å². The lowest BCUT2D eigenvalue weighted by molar-refractivity contribution is 0.318. The van der Waals surface area contributed by atoms with Gasteiger partial charge in [0.1, 0.15) is 5.75 Å². The first-order chi connectivity index (χ1) is 8.78. The topological polar surface area (TPSA) is 47.3 Å². The molecule has 1 aliphatic rings. The highest BCUT2D eigenvalue weighted by Crippen LogP contribution is 2.26. The Morgan fingerprint density at radius 2 is 2.11 bits per heavy atom. The zero-order chi connectivity index (χ0) is 12.8. The molecule has 0 amide bonds. The van der Waals surface area contributed by atoms with Crippen LogP contribution in [-0.2, 0) is 0 Å². The lowest BCUT2D eigenvalue weighted by atomic mass is 10.1. The minimum atomic E-state index is 0.576. The fourth-order valence-electron chi connectivity index (χ4n) is 2.09. The molecule has 18 heavy (non-hydrogen) atoms. The standard InChI is InChI=1S/C14H22N2OS/c1-2-5-17-14-9-11(15)8-13(10-14)16-12-3-6-18-7-4-12/h8-10,12,16H,2-7,15H2,1H3. The highest BCUT2D eigenvalue weighted by molar-refractivity contribution is 7.99. The number of hydrogen-bond donors (Lipinski definition) is 2. The van der Waals surface area contributed by atoms with Crippen LogP contribution in [0.15, 0.2) is 18.2 Å². The monoisotopic (exact) mass is 266 g/mol. The van der Waals surface area contributed by atoms with Gasteiger partial charge in [-0.1, -0.05) is 6.92 Å². The molecule has 1 heterocycles. The third kappa shape index (κ3) is 4.02. The van der Waals surface area contributed by atoms with Crippen LogP contribution < -0.4 is 15.8 Å². The zero-order valence-corrected chi connectivity index (χ0v) is 11.8. The average Bonchev–Trinajstić information content (AvgIpc) is 2.37. The Morgan fingerprint density at radius 1 is 1.33 bits per heavy atom. The van der Waals surface area contributed by atoms with Crippen molar-refractivity contribution < 1.29 is 4.74 Å². The Bertz CT molecular complexity index is 378. The molecule has 0 bridgehead atoms. The van der Waals surface area contributed by atoms with E-state index in [1.165, 1.54) is 24.3 Å². The second kappa shape index (κ2) is 6.78. The molecular formula is C14H22N2OS. The Balaban J connectivity index is 1.99. The van der Waals surface area contributed by atoms with Gasteiger partial charge >= 0.3 is 0 Å². The van der Waals surface area contributed by atoms with E-state index in [4.69, 9.17) is 10.5 Å². The summed E-state index contributed by atoms with van der Waals surface area (Å²) in [5, 5.41) is 3.57. The molecule has 0 radical (unpaired) electrons. The van der Waals surface area contributed by atoms with E-state index >= 15 is 0 Å². The van der Waals surface area contributed by atoms with Crippen molar-refractivity contribution in [1.82, 2.24) is 0 Å². The van der Waals surface area contributed by atoms with Crippen LogP contribution in [0.4, 0.5) is 11.4 Å². The van der Waals surface area contributed by atoms with Crippen LogP contribution in [0.2, 0.25) is 0 Å². The molecule has 0 unspecified atom stereocenters. The Kier molecular flexibility index (Phi) is 5.05. The van der Waals surface area contributed by atoms with Crippen molar-refractivity contribution in [3.63, 3.8) is 0 Å². The van der Waals surface area contributed by atoms with Gasteiger partial charge in [0.05, 0.1) is 6.61 Å². The summed E-state index contributed by atoms with van der Waals surface area (Å²) in [5.41, 5.74) is 7.75. The lowest BCUT2D eigenvalue weighted by Gasteiger charge is -2.24. The van der Waals surface area contributed by atoms with Crippen molar-refractivity contribution in [1.29, 1.82) is 0 Å². The first-order valence-electron chi connectivity index (χ1n) is 6.65. The first kappa shape index (κ1) is 13.4. The number of rotatable bonds is 5. The van der Waals surface area contributed by atoms with E-state index in [0.717, 1.165) is 30.2 Å². The summed E-state index contributed by atoms with van der Waals surface area (Å²) in [6.45, 7) is 2.84. The largest absolute Gasteiger partial charge is 0.493 e. The van der Waals surface area contributed by atoms with Gasteiger partial charge in [-0.15, -0.1) is 0 Å². The average molecular weight is 266 g/mol. The van der Waals surface area contributed by atoms with Crippen LogP contribution in [0.1, 0.15) is 26.2 Å². The number of hydrogen-bond acceptors (Lipinski definition) is 4. The first-order valence-corrected chi connectivity index (χ1v) is 7.81. The van der Waals surface area contributed by atoms with E-state index in [1.54, 1.807) is 0 Å². The predicted octanol–water partition coefficient (Wildman–Crippen LogP) is 3.37. The summed E-state index contributed by atoms with van der Waals surface area (Å²) in [6, 6.07) is 6.50. The molecule has 3 N–H and O–H groups in total. The number of ether oxygens (including phenoxy) is 1. The Morgan fingerprint density at radius 3 is 2.83 bits per heavy atom. The molecule has 0 aromatic heterocycles. The van der Waals surface area contributed by atoms with Crippen molar-refractivity contribution in [3.8, 4) is 5.75 Å². The molecule has 0 aliphatic carbocycles. The Labute approximate surface area is 113 Å². The van der Waals surface area contributed by atoms with Crippen molar-refractivity contribution in [2.45, 2.75) is 32.2 Å². The number of nitrogens with one attached hydrogen (secondary N) is 1. The van der Waals surface area contributed by atoms with Crippen LogP contribution in [-0.4, -0.2) is 24.2 Å². The number of benzene rings is 1. The molecule has 3 nitrogen and oxygen atoms in total. The SMILES string of the molecule is CCCOc1cc(N)cc(NC2CCSCC2)c1. The third-order valence-corrected chi connectivity index (χ3v) is 4.04. The summed E-state index contributed by atoms with van der Waals surface area (Å²) >= 11 is 2.04. The highest BCUT2D eigenvalue weighted by Gasteiger charge is 2.13. The summed E-state index contributed by atoms with van der Waals surface area (Å²) in [5.74, 6) is 3.36. The fourth-order valence-corrected chi connectivity index (χ4v) is 3.19. The van der Waals surface area contributed by atoms with Crippen molar-refractivity contribution >= 4 is 23.1 Å². The van der Waals surface area contributed by atoms with E-state index < -0.39 is 0 Å². The minimum Gasteiger partial charge on any atom is -0.493 e. The van der Waals surface area contributed by atoms with Crippen LogP contribution in [0.25, 0.3) is 0 Å².